The molecule has 3 aromatic rings. The number of carbonyl (C=O) groups is 2. The zero-order valence-electron chi connectivity index (χ0n) is 23.5. The number of halogens is 2. The van der Waals surface area contributed by atoms with Gasteiger partial charge >= 0.3 is 7.12 Å². The van der Waals surface area contributed by atoms with Crippen LogP contribution >= 0.6 is 23.2 Å². The SMILES string of the molecule is CC1(C)OB(c2c(Cl)ccc3c2CCC(=O)C3)OC1(C)C.O=C1CCc2c(ccc(Cl)c2Cc2ccccn2)C1. The van der Waals surface area contributed by atoms with E-state index in [1.807, 2.05) is 70.2 Å². The molecule has 2 aliphatic carbocycles. The van der Waals surface area contributed by atoms with Gasteiger partial charge in [0, 0.05) is 59.5 Å². The standard InChI is InChI=1S/C16H20BClO3.C16H14ClNO/c1-15(2)16(3,4)21-17(20-15)14-12-7-6-11(19)9-10(12)5-8-13(14)18;17-16-7-4-11-9-13(19)5-6-14(11)15(16)10-12-3-1-2-8-18-12/h5,8H,6-7,9H2,1-4H3;1-4,7-8H,5-6,9-10H2. The van der Waals surface area contributed by atoms with E-state index in [1.165, 1.54) is 5.56 Å². The number of nitrogens with zero attached hydrogens (tertiary/aromatic N) is 1. The molecular weight excluding hydrogens is 544 g/mol. The van der Waals surface area contributed by atoms with Crippen LogP contribution in [-0.4, -0.2) is 34.9 Å². The van der Waals surface area contributed by atoms with Crippen molar-refractivity contribution < 1.29 is 18.9 Å². The molecule has 5 nitrogen and oxygen atoms in total. The maximum Gasteiger partial charge on any atom is 0.496 e. The third kappa shape index (κ3) is 5.92. The van der Waals surface area contributed by atoms with Crippen LogP contribution < -0.4 is 5.46 Å². The van der Waals surface area contributed by atoms with Crippen LogP contribution in [0.25, 0.3) is 0 Å². The van der Waals surface area contributed by atoms with Gasteiger partial charge in [0.05, 0.1) is 11.2 Å². The topological polar surface area (TPSA) is 65.5 Å². The molecule has 0 spiro atoms. The minimum absolute atomic E-state index is 0.282. The average Bonchev–Trinajstić information content (AvgIpc) is 3.12. The number of hydrogen-bond acceptors (Lipinski definition) is 5. The number of carbonyl (C=O) groups excluding carboxylic acids is 2. The highest BCUT2D eigenvalue weighted by Crippen LogP contribution is 2.38. The van der Waals surface area contributed by atoms with Crippen LogP contribution in [0.4, 0.5) is 0 Å². The quantitative estimate of drug-likeness (QED) is 0.353. The van der Waals surface area contributed by atoms with Gasteiger partial charge in [0.25, 0.3) is 0 Å². The van der Waals surface area contributed by atoms with Crippen molar-refractivity contribution in [1.82, 2.24) is 4.98 Å². The highest BCUT2D eigenvalue weighted by atomic mass is 35.5. The van der Waals surface area contributed by atoms with Crippen LogP contribution in [0.1, 0.15) is 74.0 Å². The van der Waals surface area contributed by atoms with Crippen molar-refractivity contribution in [3.8, 4) is 0 Å². The molecule has 0 amide bonds. The summed E-state index contributed by atoms with van der Waals surface area (Å²) in [5.74, 6) is 0.600. The van der Waals surface area contributed by atoms with Gasteiger partial charge in [0.2, 0.25) is 0 Å². The lowest BCUT2D eigenvalue weighted by Gasteiger charge is -2.32. The van der Waals surface area contributed by atoms with E-state index in [4.69, 9.17) is 32.5 Å². The predicted octanol–water partition coefficient (Wildman–Crippen LogP) is 6.08. The Hall–Kier alpha value is -2.51. The number of ketones is 2. The summed E-state index contributed by atoms with van der Waals surface area (Å²) in [6.07, 6.45) is 6.27. The first-order chi connectivity index (χ1) is 18.9. The molecule has 2 heterocycles. The molecule has 1 saturated heterocycles. The highest BCUT2D eigenvalue weighted by Gasteiger charge is 2.53. The molecule has 2 aromatic carbocycles. The van der Waals surface area contributed by atoms with E-state index in [1.54, 1.807) is 6.20 Å². The van der Waals surface area contributed by atoms with E-state index in [0.717, 1.165) is 51.3 Å². The molecule has 6 rings (SSSR count). The third-order valence-electron chi connectivity index (χ3n) is 8.53. The van der Waals surface area contributed by atoms with Crippen LogP contribution in [0.5, 0.6) is 0 Å². The molecule has 1 fully saturated rings. The summed E-state index contributed by atoms with van der Waals surface area (Å²) in [6.45, 7) is 8.11. The van der Waals surface area contributed by atoms with Gasteiger partial charge in [0.1, 0.15) is 11.6 Å². The Morgan fingerprint density at radius 1 is 0.775 bits per heavy atom. The fourth-order valence-electron chi connectivity index (χ4n) is 5.55. The Morgan fingerprint density at radius 3 is 1.95 bits per heavy atom. The zero-order chi connectivity index (χ0) is 28.7. The first-order valence-electron chi connectivity index (χ1n) is 13.8. The summed E-state index contributed by atoms with van der Waals surface area (Å²) >= 11 is 12.8. The largest absolute Gasteiger partial charge is 0.496 e. The lowest BCUT2D eigenvalue weighted by molar-refractivity contribution is -0.119. The Kier molecular flexibility index (Phi) is 8.27. The lowest BCUT2D eigenvalue weighted by Crippen LogP contribution is -2.41. The normalized spacial score (nSPS) is 19.0. The second-order valence-corrected chi connectivity index (χ2v) is 12.6. The molecule has 208 valence electrons. The van der Waals surface area contributed by atoms with Crippen molar-refractivity contribution in [2.45, 2.75) is 83.8 Å². The van der Waals surface area contributed by atoms with E-state index in [2.05, 4.69) is 4.98 Å². The maximum atomic E-state index is 11.7. The number of pyridine rings is 1. The monoisotopic (exact) mass is 577 g/mol. The lowest BCUT2D eigenvalue weighted by atomic mass is 9.71. The van der Waals surface area contributed by atoms with Crippen molar-refractivity contribution in [2.75, 3.05) is 0 Å². The Bertz CT molecular complexity index is 1440. The summed E-state index contributed by atoms with van der Waals surface area (Å²) in [7, 11) is -0.467. The fraction of sp³-hybridized carbons (Fsp3) is 0.406. The van der Waals surface area contributed by atoms with Gasteiger partial charge in [-0.05, 0) is 92.6 Å². The summed E-state index contributed by atoms with van der Waals surface area (Å²) in [5.41, 5.74) is 6.81. The van der Waals surface area contributed by atoms with Crippen LogP contribution in [0.15, 0.2) is 48.7 Å². The van der Waals surface area contributed by atoms with Gasteiger partial charge in [0.15, 0.2) is 0 Å². The van der Waals surface area contributed by atoms with Crippen molar-refractivity contribution in [3.63, 3.8) is 0 Å². The second kappa shape index (κ2) is 11.4. The molecule has 0 bridgehead atoms. The van der Waals surface area contributed by atoms with Gasteiger partial charge in [-0.3, -0.25) is 14.6 Å². The van der Waals surface area contributed by atoms with Gasteiger partial charge < -0.3 is 9.31 Å². The van der Waals surface area contributed by atoms with E-state index < -0.39 is 18.3 Å². The van der Waals surface area contributed by atoms with Crippen LogP contribution in [0.2, 0.25) is 10.0 Å². The van der Waals surface area contributed by atoms with Crippen molar-refractivity contribution in [1.29, 1.82) is 0 Å². The van der Waals surface area contributed by atoms with Crippen molar-refractivity contribution in [3.05, 3.63) is 92.2 Å². The first kappa shape index (κ1) is 29.0. The molecule has 0 radical (unpaired) electrons. The maximum absolute atomic E-state index is 11.7. The number of Topliss-reactive ketones (excluding diaryl/α,β-unsaturated/α-hetero) is 2. The molecule has 40 heavy (non-hydrogen) atoms. The van der Waals surface area contributed by atoms with Gasteiger partial charge in [-0.15, -0.1) is 0 Å². The van der Waals surface area contributed by atoms with E-state index in [-0.39, 0.29) is 5.78 Å². The Morgan fingerprint density at radius 2 is 1.35 bits per heavy atom. The molecule has 1 aliphatic heterocycles. The minimum Gasteiger partial charge on any atom is -0.399 e. The van der Waals surface area contributed by atoms with E-state index in [9.17, 15) is 9.59 Å². The predicted molar refractivity (Wildman–Crippen MR) is 160 cm³/mol. The molecule has 0 saturated carbocycles. The number of fused-ring (bicyclic) bond motifs is 2. The van der Waals surface area contributed by atoms with E-state index in [0.29, 0.717) is 42.9 Å². The number of rotatable bonds is 3. The van der Waals surface area contributed by atoms with Crippen LogP contribution in [0, 0.1) is 0 Å². The van der Waals surface area contributed by atoms with Crippen molar-refractivity contribution in [2.24, 2.45) is 0 Å². The zero-order valence-corrected chi connectivity index (χ0v) is 25.0. The summed E-state index contributed by atoms with van der Waals surface area (Å²) in [6, 6.07) is 13.6. The number of hydrogen-bond donors (Lipinski definition) is 0. The van der Waals surface area contributed by atoms with Crippen molar-refractivity contribution >= 4 is 47.3 Å². The fourth-order valence-corrected chi connectivity index (χ4v) is 6.06. The molecule has 3 aliphatic rings. The Labute approximate surface area is 246 Å². The number of benzene rings is 2. The Balaban J connectivity index is 0.000000162. The second-order valence-electron chi connectivity index (χ2n) is 11.8. The smallest absolute Gasteiger partial charge is 0.399 e. The van der Waals surface area contributed by atoms with Crippen LogP contribution in [-0.2, 0) is 51.0 Å². The van der Waals surface area contributed by atoms with Gasteiger partial charge in [-0.2, -0.15) is 0 Å². The number of aromatic nitrogens is 1. The minimum atomic E-state index is -0.467. The molecule has 1 aromatic heterocycles. The summed E-state index contributed by atoms with van der Waals surface area (Å²) in [5, 5.41) is 1.43. The third-order valence-corrected chi connectivity index (χ3v) is 9.21. The summed E-state index contributed by atoms with van der Waals surface area (Å²) < 4.78 is 12.3. The van der Waals surface area contributed by atoms with Crippen LogP contribution in [0.3, 0.4) is 0 Å². The van der Waals surface area contributed by atoms with Gasteiger partial charge in [-0.25, -0.2) is 0 Å². The van der Waals surface area contributed by atoms with Gasteiger partial charge in [-0.1, -0.05) is 41.4 Å². The first-order valence-corrected chi connectivity index (χ1v) is 14.6. The average molecular weight is 578 g/mol. The molecule has 0 unspecified atom stereocenters. The molecule has 0 N–H and O–H groups in total. The highest BCUT2D eigenvalue weighted by molar-refractivity contribution is 6.66. The summed E-state index contributed by atoms with van der Waals surface area (Å²) in [4.78, 5) is 27.5. The van der Waals surface area contributed by atoms with E-state index >= 15 is 0 Å². The molecule has 0 atom stereocenters. The molecule has 8 heteroatoms. The molecular formula is C32H34BCl2NO4.